The Morgan fingerprint density at radius 1 is 0.917 bits per heavy atom. The molecular formula is C19H16O5. The minimum atomic E-state index is -1.02. The summed E-state index contributed by atoms with van der Waals surface area (Å²) in [6.45, 7) is 0. The molecule has 0 aromatic heterocycles. The van der Waals surface area contributed by atoms with Crippen LogP contribution < -0.4 is 9.47 Å². The highest BCUT2D eigenvalue weighted by molar-refractivity contribution is 6.24. The van der Waals surface area contributed by atoms with Gasteiger partial charge in [0.05, 0.1) is 25.3 Å². The van der Waals surface area contributed by atoms with E-state index < -0.39 is 6.10 Å². The number of allylic oxidation sites excluding steroid dienone is 2. The lowest BCUT2D eigenvalue weighted by molar-refractivity contribution is 0.0988. The number of hydrogen-bond acceptors (Lipinski definition) is 5. The van der Waals surface area contributed by atoms with Crippen molar-refractivity contribution < 1.29 is 24.2 Å². The number of rotatable bonds is 4. The fraction of sp³-hybridized carbons (Fsp3) is 0.158. The van der Waals surface area contributed by atoms with E-state index in [1.807, 2.05) is 6.07 Å². The van der Waals surface area contributed by atoms with Crippen LogP contribution in [-0.4, -0.2) is 30.9 Å². The van der Waals surface area contributed by atoms with E-state index in [0.29, 0.717) is 11.1 Å². The van der Waals surface area contributed by atoms with Crippen molar-refractivity contribution in [3.8, 4) is 11.5 Å². The van der Waals surface area contributed by atoms with Crippen LogP contribution in [0.4, 0.5) is 0 Å². The number of benzene rings is 2. The van der Waals surface area contributed by atoms with E-state index in [0.717, 1.165) is 0 Å². The Balaban J connectivity index is 2.27. The van der Waals surface area contributed by atoms with Crippen LogP contribution >= 0.6 is 0 Å². The summed E-state index contributed by atoms with van der Waals surface area (Å²) in [7, 11) is 2.82. The molecule has 0 saturated carbocycles. The van der Waals surface area contributed by atoms with Crippen LogP contribution in [0.1, 0.15) is 37.9 Å². The quantitative estimate of drug-likeness (QED) is 0.936. The van der Waals surface area contributed by atoms with Gasteiger partial charge in [-0.25, -0.2) is 0 Å². The molecule has 1 aliphatic rings. The lowest BCUT2D eigenvalue weighted by Gasteiger charge is -2.22. The highest BCUT2D eigenvalue weighted by atomic mass is 16.5. The highest BCUT2D eigenvalue weighted by Crippen LogP contribution is 2.41. The van der Waals surface area contributed by atoms with Crippen molar-refractivity contribution in [1.29, 1.82) is 0 Å². The first kappa shape index (κ1) is 16.0. The normalized spacial score (nSPS) is 14.3. The Kier molecular flexibility index (Phi) is 4.18. The maximum atomic E-state index is 12.3. The van der Waals surface area contributed by atoms with Crippen LogP contribution in [0.3, 0.4) is 0 Å². The van der Waals surface area contributed by atoms with Gasteiger partial charge in [-0.15, -0.1) is 0 Å². The van der Waals surface area contributed by atoms with Crippen LogP contribution in [0, 0.1) is 0 Å². The Hall–Kier alpha value is -2.92. The van der Waals surface area contributed by atoms with Gasteiger partial charge in [0.25, 0.3) is 0 Å². The molecule has 0 aliphatic heterocycles. The van der Waals surface area contributed by atoms with Crippen molar-refractivity contribution in [2.45, 2.75) is 6.10 Å². The molecule has 1 unspecified atom stereocenters. The van der Waals surface area contributed by atoms with Gasteiger partial charge in [-0.2, -0.15) is 0 Å². The van der Waals surface area contributed by atoms with Crippen LogP contribution in [0.15, 0.2) is 48.6 Å². The van der Waals surface area contributed by atoms with Crippen molar-refractivity contribution in [1.82, 2.24) is 0 Å². The van der Waals surface area contributed by atoms with Crippen LogP contribution in [0.2, 0.25) is 0 Å². The van der Waals surface area contributed by atoms with Gasteiger partial charge in [0.15, 0.2) is 11.6 Å². The molecule has 0 saturated heterocycles. The fourth-order valence-corrected chi connectivity index (χ4v) is 2.86. The molecule has 122 valence electrons. The molecule has 1 N–H and O–H groups in total. The second kappa shape index (κ2) is 6.29. The highest BCUT2D eigenvalue weighted by Gasteiger charge is 2.31. The van der Waals surface area contributed by atoms with Crippen molar-refractivity contribution in [3.63, 3.8) is 0 Å². The molecule has 0 radical (unpaired) electrons. The van der Waals surface area contributed by atoms with Gasteiger partial charge in [-0.1, -0.05) is 30.3 Å². The molecule has 1 atom stereocenters. The van der Waals surface area contributed by atoms with Gasteiger partial charge in [0.1, 0.15) is 17.6 Å². The van der Waals surface area contributed by atoms with E-state index in [2.05, 4.69) is 0 Å². The first-order chi connectivity index (χ1) is 11.6. The summed E-state index contributed by atoms with van der Waals surface area (Å²) < 4.78 is 10.7. The van der Waals surface area contributed by atoms with E-state index in [-0.39, 0.29) is 34.2 Å². The molecule has 0 spiro atoms. The SMILES string of the molecule is COc1cc(C(O)c2ccccc2)c(OC)c2c1C(=O)C=CC2=O. The lowest BCUT2D eigenvalue weighted by Crippen LogP contribution is -2.17. The zero-order valence-electron chi connectivity index (χ0n) is 13.3. The van der Waals surface area contributed by atoms with E-state index in [4.69, 9.17) is 9.47 Å². The summed E-state index contributed by atoms with van der Waals surface area (Å²) in [6, 6.07) is 10.5. The molecule has 2 aromatic rings. The van der Waals surface area contributed by atoms with Crippen molar-refractivity contribution in [3.05, 3.63) is 70.8 Å². The molecule has 3 rings (SSSR count). The average molecular weight is 324 g/mol. The minimum absolute atomic E-state index is 0.120. The number of carbonyl (C=O) groups is 2. The molecule has 1 aliphatic carbocycles. The van der Waals surface area contributed by atoms with Gasteiger partial charge in [-0.05, 0) is 23.8 Å². The fourth-order valence-electron chi connectivity index (χ4n) is 2.86. The van der Waals surface area contributed by atoms with Gasteiger partial charge in [0.2, 0.25) is 0 Å². The second-order valence-electron chi connectivity index (χ2n) is 5.33. The molecule has 24 heavy (non-hydrogen) atoms. The van der Waals surface area contributed by atoms with Gasteiger partial charge in [0, 0.05) is 5.56 Å². The van der Waals surface area contributed by atoms with E-state index in [1.54, 1.807) is 30.3 Å². The lowest BCUT2D eigenvalue weighted by atomic mass is 9.88. The van der Waals surface area contributed by atoms with E-state index in [1.165, 1.54) is 26.4 Å². The standard InChI is InChI=1S/C19H16O5/c1-23-15-10-12(18(22)11-6-4-3-5-7-11)19(24-2)17-14(21)9-8-13(20)16(15)17/h3-10,18,22H,1-2H3. The summed E-state index contributed by atoms with van der Waals surface area (Å²) in [5, 5.41) is 10.7. The third-order valence-corrected chi connectivity index (χ3v) is 3.99. The molecule has 5 nitrogen and oxygen atoms in total. The summed E-state index contributed by atoms with van der Waals surface area (Å²) in [4.78, 5) is 24.5. The number of ketones is 2. The Bertz CT molecular complexity index is 837. The van der Waals surface area contributed by atoms with Gasteiger partial charge in [-0.3, -0.25) is 9.59 Å². The molecule has 0 fully saturated rings. The summed E-state index contributed by atoms with van der Waals surface area (Å²) in [5.41, 5.74) is 1.29. The number of aliphatic hydroxyl groups is 1. The zero-order chi connectivity index (χ0) is 17.3. The molecule has 5 heteroatoms. The number of methoxy groups -OCH3 is 2. The second-order valence-corrected chi connectivity index (χ2v) is 5.33. The Morgan fingerprint density at radius 3 is 2.12 bits per heavy atom. The first-order valence-corrected chi connectivity index (χ1v) is 7.37. The van der Waals surface area contributed by atoms with Crippen molar-refractivity contribution in [2.75, 3.05) is 14.2 Å². The summed E-state index contributed by atoms with van der Waals surface area (Å²) >= 11 is 0. The number of fused-ring (bicyclic) bond motifs is 1. The first-order valence-electron chi connectivity index (χ1n) is 7.37. The molecular weight excluding hydrogens is 308 g/mol. The monoisotopic (exact) mass is 324 g/mol. The zero-order valence-corrected chi connectivity index (χ0v) is 13.3. The predicted molar refractivity (Wildman–Crippen MR) is 87.9 cm³/mol. The Morgan fingerprint density at radius 2 is 1.54 bits per heavy atom. The van der Waals surface area contributed by atoms with E-state index in [9.17, 15) is 14.7 Å². The molecule has 0 amide bonds. The van der Waals surface area contributed by atoms with Crippen molar-refractivity contribution in [2.24, 2.45) is 0 Å². The van der Waals surface area contributed by atoms with Crippen LogP contribution in [-0.2, 0) is 0 Å². The van der Waals surface area contributed by atoms with Crippen LogP contribution in [0.5, 0.6) is 11.5 Å². The molecule has 2 aromatic carbocycles. The maximum absolute atomic E-state index is 12.3. The topological polar surface area (TPSA) is 72.8 Å². The summed E-state index contributed by atoms with van der Waals surface area (Å²) in [5.74, 6) is -0.273. The molecule has 0 bridgehead atoms. The summed E-state index contributed by atoms with van der Waals surface area (Å²) in [6.07, 6.45) is 1.39. The maximum Gasteiger partial charge on any atom is 0.190 e. The number of carbonyl (C=O) groups excluding carboxylic acids is 2. The minimum Gasteiger partial charge on any atom is -0.496 e. The number of hydrogen-bond donors (Lipinski definition) is 1. The number of aliphatic hydroxyl groups excluding tert-OH is 1. The molecule has 0 heterocycles. The predicted octanol–water partition coefficient (Wildman–Crippen LogP) is 2.72. The number of ether oxygens (including phenoxy) is 2. The van der Waals surface area contributed by atoms with E-state index >= 15 is 0 Å². The van der Waals surface area contributed by atoms with Crippen molar-refractivity contribution >= 4 is 11.6 Å². The third kappa shape index (κ3) is 2.49. The van der Waals surface area contributed by atoms with Gasteiger partial charge >= 0.3 is 0 Å². The van der Waals surface area contributed by atoms with Gasteiger partial charge < -0.3 is 14.6 Å². The Labute approximate surface area is 139 Å². The third-order valence-electron chi connectivity index (χ3n) is 3.99. The van der Waals surface area contributed by atoms with Crippen LogP contribution in [0.25, 0.3) is 0 Å². The smallest absolute Gasteiger partial charge is 0.190 e. The largest absolute Gasteiger partial charge is 0.496 e. The average Bonchev–Trinajstić information content (AvgIpc) is 2.63.